The molecule has 0 radical (unpaired) electrons. The Morgan fingerprint density at radius 3 is 2.86 bits per heavy atom. The molecule has 1 atom stereocenters. The third kappa shape index (κ3) is 3.47. The zero-order chi connectivity index (χ0) is 15.4. The van der Waals surface area contributed by atoms with E-state index in [9.17, 15) is 4.79 Å². The maximum Gasteiger partial charge on any atom is 0.276 e. The van der Waals surface area contributed by atoms with Gasteiger partial charge in [0, 0.05) is 25.7 Å². The van der Waals surface area contributed by atoms with Crippen molar-refractivity contribution < 1.29 is 9.53 Å². The Labute approximate surface area is 130 Å². The Morgan fingerprint density at radius 1 is 1.36 bits per heavy atom. The van der Waals surface area contributed by atoms with Gasteiger partial charge in [-0.1, -0.05) is 18.1 Å². The zero-order valence-corrected chi connectivity index (χ0v) is 13.0. The van der Waals surface area contributed by atoms with Gasteiger partial charge in [0.05, 0.1) is 18.8 Å². The molecule has 0 spiro atoms. The van der Waals surface area contributed by atoms with E-state index in [0.717, 1.165) is 32.3 Å². The Kier molecular flexibility index (Phi) is 5.04. The number of nitrogens with two attached hydrogens (primary N) is 1. The highest BCUT2D eigenvalue weighted by Gasteiger charge is 2.32. The van der Waals surface area contributed by atoms with E-state index in [-0.39, 0.29) is 12.0 Å². The van der Waals surface area contributed by atoms with Crippen molar-refractivity contribution in [2.24, 2.45) is 5.73 Å². The number of hydrogen-bond donors (Lipinski definition) is 1. The van der Waals surface area contributed by atoms with Crippen molar-refractivity contribution in [3.05, 3.63) is 11.9 Å². The van der Waals surface area contributed by atoms with Crippen molar-refractivity contribution in [1.29, 1.82) is 0 Å². The van der Waals surface area contributed by atoms with Gasteiger partial charge in [-0.15, -0.1) is 5.10 Å². The summed E-state index contributed by atoms with van der Waals surface area (Å²) in [5.41, 5.74) is 5.93. The quantitative estimate of drug-likeness (QED) is 0.840. The first-order valence-corrected chi connectivity index (χ1v) is 8.30. The molecule has 122 valence electrons. The number of ether oxygens (including phenoxy) is 1. The third-order valence-corrected chi connectivity index (χ3v) is 4.57. The van der Waals surface area contributed by atoms with Gasteiger partial charge in [0.25, 0.3) is 5.91 Å². The maximum atomic E-state index is 12.9. The summed E-state index contributed by atoms with van der Waals surface area (Å²) >= 11 is 0. The molecule has 1 amide bonds. The molecular weight excluding hydrogens is 282 g/mol. The van der Waals surface area contributed by atoms with Crippen LogP contribution in [0.2, 0.25) is 0 Å². The van der Waals surface area contributed by atoms with Crippen molar-refractivity contribution in [1.82, 2.24) is 19.9 Å². The van der Waals surface area contributed by atoms with Gasteiger partial charge in [-0.2, -0.15) is 0 Å². The van der Waals surface area contributed by atoms with Crippen molar-refractivity contribution in [2.45, 2.75) is 57.2 Å². The van der Waals surface area contributed by atoms with Crippen molar-refractivity contribution >= 4 is 5.91 Å². The van der Waals surface area contributed by atoms with Crippen LogP contribution >= 0.6 is 0 Å². The van der Waals surface area contributed by atoms with Crippen LogP contribution in [0.15, 0.2) is 6.20 Å². The van der Waals surface area contributed by atoms with Crippen LogP contribution < -0.4 is 5.73 Å². The fraction of sp³-hybridized carbons (Fsp3) is 0.800. The summed E-state index contributed by atoms with van der Waals surface area (Å²) in [6, 6.07) is 0.316. The molecule has 0 aromatic carbocycles. The minimum absolute atomic E-state index is 0.0225. The number of hydrogen-bond acceptors (Lipinski definition) is 5. The largest absolute Gasteiger partial charge is 0.376 e. The Hall–Kier alpha value is -1.47. The Bertz CT molecular complexity index is 492. The first-order valence-electron chi connectivity index (χ1n) is 8.30. The first kappa shape index (κ1) is 15.4. The van der Waals surface area contributed by atoms with E-state index in [1.165, 1.54) is 12.8 Å². The summed E-state index contributed by atoms with van der Waals surface area (Å²) in [6.45, 7) is 2.55. The summed E-state index contributed by atoms with van der Waals surface area (Å²) in [5.74, 6) is -0.0225. The fourth-order valence-electron chi connectivity index (χ4n) is 3.41. The van der Waals surface area contributed by atoms with E-state index in [0.29, 0.717) is 31.4 Å². The summed E-state index contributed by atoms with van der Waals surface area (Å²) in [4.78, 5) is 14.8. The van der Waals surface area contributed by atoms with Crippen LogP contribution in [0.4, 0.5) is 0 Å². The van der Waals surface area contributed by atoms with Crippen LogP contribution in [0.5, 0.6) is 0 Å². The molecule has 1 aliphatic carbocycles. The molecule has 0 bridgehead atoms. The zero-order valence-electron chi connectivity index (χ0n) is 13.0. The van der Waals surface area contributed by atoms with E-state index >= 15 is 0 Å². The summed E-state index contributed by atoms with van der Waals surface area (Å²) in [7, 11) is 0. The number of carbonyl (C=O) groups is 1. The second kappa shape index (κ2) is 7.19. The van der Waals surface area contributed by atoms with E-state index in [2.05, 4.69) is 10.3 Å². The molecule has 1 unspecified atom stereocenters. The number of carbonyl (C=O) groups excluding carboxylic acids is 1. The number of aromatic nitrogens is 3. The number of amides is 1. The molecular formula is C15H25N5O2. The Morgan fingerprint density at radius 2 is 2.18 bits per heavy atom. The summed E-state index contributed by atoms with van der Waals surface area (Å²) in [5, 5.41) is 8.00. The molecule has 22 heavy (non-hydrogen) atoms. The summed E-state index contributed by atoms with van der Waals surface area (Å²) in [6.07, 6.45) is 8.54. The predicted octanol–water partition coefficient (Wildman–Crippen LogP) is 0.801. The summed E-state index contributed by atoms with van der Waals surface area (Å²) < 4.78 is 7.35. The normalized spacial score (nSPS) is 22.3. The lowest BCUT2D eigenvalue weighted by Gasteiger charge is -2.30. The molecule has 1 aliphatic heterocycles. The molecule has 7 heteroatoms. The molecule has 1 saturated carbocycles. The molecule has 1 saturated heterocycles. The first-order chi connectivity index (χ1) is 10.8. The highest BCUT2D eigenvalue weighted by atomic mass is 16.5. The van der Waals surface area contributed by atoms with E-state index in [1.54, 1.807) is 10.9 Å². The maximum absolute atomic E-state index is 12.9. The van der Waals surface area contributed by atoms with Crippen LogP contribution in [-0.4, -0.2) is 57.6 Å². The lowest BCUT2D eigenvalue weighted by Crippen LogP contribution is -2.43. The number of rotatable bonds is 6. The molecule has 2 aliphatic rings. The Balaban J connectivity index is 1.72. The van der Waals surface area contributed by atoms with Crippen LogP contribution in [0.1, 0.15) is 49.0 Å². The van der Waals surface area contributed by atoms with Crippen LogP contribution in [0, 0.1) is 0 Å². The third-order valence-electron chi connectivity index (χ3n) is 4.57. The lowest BCUT2D eigenvalue weighted by atomic mass is 10.1. The minimum Gasteiger partial charge on any atom is -0.376 e. The van der Waals surface area contributed by atoms with Gasteiger partial charge in [-0.05, 0) is 25.7 Å². The van der Waals surface area contributed by atoms with Gasteiger partial charge in [-0.25, -0.2) is 0 Å². The molecule has 7 nitrogen and oxygen atoms in total. The SMILES string of the molecule is NCCn1cc(C(=O)N(CC2CCCO2)C2CCCC2)nn1. The van der Waals surface area contributed by atoms with Gasteiger partial charge in [0.2, 0.25) is 0 Å². The van der Waals surface area contributed by atoms with Gasteiger partial charge >= 0.3 is 0 Å². The molecule has 2 heterocycles. The molecule has 2 fully saturated rings. The lowest BCUT2D eigenvalue weighted by molar-refractivity contribution is 0.0416. The number of nitrogens with zero attached hydrogens (tertiary/aromatic N) is 4. The van der Waals surface area contributed by atoms with Gasteiger partial charge in [0.1, 0.15) is 0 Å². The second-order valence-corrected chi connectivity index (χ2v) is 6.19. The van der Waals surface area contributed by atoms with Crippen LogP contribution in [0.3, 0.4) is 0 Å². The predicted molar refractivity (Wildman–Crippen MR) is 81.3 cm³/mol. The van der Waals surface area contributed by atoms with Gasteiger partial charge in [-0.3, -0.25) is 9.48 Å². The van der Waals surface area contributed by atoms with Gasteiger partial charge < -0.3 is 15.4 Å². The monoisotopic (exact) mass is 307 g/mol. The van der Waals surface area contributed by atoms with Crippen LogP contribution in [0.25, 0.3) is 0 Å². The second-order valence-electron chi connectivity index (χ2n) is 6.19. The molecule has 3 rings (SSSR count). The average Bonchev–Trinajstić information content (AvgIpc) is 3.26. The van der Waals surface area contributed by atoms with Gasteiger partial charge in [0.15, 0.2) is 5.69 Å². The van der Waals surface area contributed by atoms with Crippen molar-refractivity contribution in [3.63, 3.8) is 0 Å². The molecule has 1 aromatic rings. The molecule has 2 N–H and O–H groups in total. The van der Waals surface area contributed by atoms with E-state index < -0.39 is 0 Å². The van der Waals surface area contributed by atoms with E-state index in [4.69, 9.17) is 10.5 Å². The van der Waals surface area contributed by atoms with Crippen LogP contribution in [-0.2, 0) is 11.3 Å². The highest BCUT2D eigenvalue weighted by molar-refractivity contribution is 5.92. The highest BCUT2D eigenvalue weighted by Crippen LogP contribution is 2.26. The van der Waals surface area contributed by atoms with Crippen molar-refractivity contribution in [2.75, 3.05) is 19.7 Å². The fourth-order valence-corrected chi connectivity index (χ4v) is 3.41. The topological polar surface area (TPSA) is 86.3 Å². The minimum atomic E-state index is -0.0225. The molecule has 1 aromatic heterocycles. The standard InChI is InChI=1S/C15H25N5O2/c16-7-8-19-11-14(17-18-19)15(21)20(12-4-1-2-5-12)10-13-6-3-9-22-13/h11-13H,1-10,16H2. The smallest absolute Gasteiger partial charge is 0.276 e. The average molecular weight is 307 g/mol. The van der Waals surface area contributed by atoms with Crippen molar-refractivity contribution in [3.8, 4) is 0 Å². The van der Waals surface area contributed by atoms with E-state index in [1.807, 2.05) is 4.90 Å².